The third-order valence-corrected chi connectivity index (χ3v) is 3.73. The second kappa shape index (κ2) is 5.38. The lowest BCUT2D eigenvalue weighted by Crippen LogP contribution is -2.44. The largest absolute Gasteiger partial charge is 0.399 e. The first-order valence-corrected chi connectivity index (χ1v) is 6.75. The number of benzene rings is 1. The molecule has 1 aromatic rings. The van der Waals surface area contributed by atoms with Gasteiger partial charge in [-0.3, -0.25) is 4.90 Å². The van der Waals surface area contributed by atoms with Crippen LogP contribution >= 0.6 is 15.9 Å². The molecule has 0 saturated carbocycles. The predicted octanol–water partition coefficient (Wildman–Crippen LogP) is 2.64. The zero-order valence-electron chi connectivity index (χ0n) is 10.3. The van der Waals surface area contributed by atoms with Gasteiger partial charge in [-0.25, -0.2) is 0 Å². The van der Waals surface area contributed by atoms with Gasteiger partial charge in [0, 0.05) is 29.8 Å². The van der Waals surface area contributed by atoms with Crippen LogP contribution in [0.5, 0.6) is 0 Å². The second-order valence-electron chi connectivity index (χ2n) is 4.80. The quantitative estimate of drug-likeness (QED) is 0.853. The van der Waals surface area contributed by atoms with Crippen LogP contribution in [0, 0.1) is 0 Å². The van der Waals surface area contributed by atoms with Gasteiger partial charge in [0.05, 0.1) is 12.2 Å². The molecule has 94 valence electrons. The monoisotopic (exact) mass is 298 g/mol. The summed E-state index contributed by atoms with van der Waals surface area (Å²) >= 11 is 3.57. The number of hydrogen-bond donors (Lipinski definition) is 1. The van der Waals surface area contributed by atoms with E-state index < -0.39 is 0 Å². The number of anilines is 1. The van der Waals surface area contributed by atoms with Gasteiger partial charge in [0.1, 0.15) is 0 Å². The van der Waals surface area contributed by atoms with Gasteiger partial charge in [0.15, 0.2) is 0 Å². The molecule has 1 aliphatic rings. The minimum Gasteiger partial charge on any atom is -0.399 e. The summed E-state index contributed by atoms with van der Waals surface area (Å²) in [6.45, 7) is 7.12. The third-order valence-electron chi connectivity index (χ3n) is 2.96. The van der Waals surface area contributed by atoms with Crippen LogP contribution in [0.3, 0.4) is 0 Å². The van der Waals surface area contributed by atoms with Gasteiger partial charge in [-0.1, -0.05) is 15.9 Å². The first-order chi connectivity index (χ1) is 8.04. The van der Waals surface area contributed by atoms with Crippen LogP contribution in [-0.2, 0) is 11.3 Å². The highest BCUT2D eigenvalue weighted by Crippen LogP contribution is 2.22. The maximum absolute atomic E-state index is 5.82. The fourth-order valence-corrected chi connectivity index (χ4v) is 2.74. The Morgan fingerprint density at radius 2 is 2.00 bits per heavy atom. The van der Waals surface area contributed by atoms with Crippen molar-refractivity contribution >= 4 is 21.6 Å². The summed E-state index contributed by atoms with van der Waals surface area (Å²) in [5.41, 5.74) is 7.88. The summed E-state index contributed by atoms with van der Waals surface area (Å²) in [5.74, 6) is 0. The number of nitrogens with zero attached hydrogens (tertiary/aromatic N) is 1. The molecule has 2 atom stereocenters. The molecule has 2 unspecified atom stereocenters. The molecule has 1 saturated heterocycles. The molecule has 1 heterocycles. The zero-order chi connectivity index (χ0) is 12.4. The number of rotatable bonds is 2. The Hall–Kier alpha value is -0.580. The highest BCUT2D eigenvalue weighted by atomic mass is 79.9. The van der Waals surface area contributed by atoms with Gasteiger partial charge < -0.3 is 10.5 Å². The van der Waals surface area contributed by atoms with Crippen LogP contribution in [0.2, 0.25) is 0 Å². The molecule has 0 radical (unpaired) electrons. The van der Waals surface area contributed by atoms with Crippen molar-refractivity contribution in [3.63, 3.8) is 0 Å². The van der Waals surface area contributed by atoms with Crippen molar-refractivity contribution in [2.45, 2.75) is 32.6 Å². The molecule has 2 rings (SSSR count). The van der Waals surface area contributed by atoms with Crippen molar-refractivity contribution in [2.24, 2.45) is 0 Å². The maximum Gasteiger partial charge on any atom is 0.0678 e. The predicted molar refractivity (Wildman–Crippen MR) is 73.8 cm³/mol. The standard InChI is InChI=1S/C13H19BrN2O/c1-9-6-16(7-10(2)17-9)8-11-5-12(15)3-4-13(11)14/h3-5,9-10H,6-8,15H2,1-2H3. The first kappa shape index (κ1) is 12.9. The number of nitrogen functional groups attached to an aromatic ring is 1. The molecule has 0 aliphatic carbocycles. The molecular formula is C13H19BrN2O. The number of morpholine rings is 1. The van der Waals surface area contributed by atoms with Gasteiger partial charge in [-0.05, 0) is 37.6 Å². The molecule has 0 amide bonds. The summed E-state index contributed by atoms with van der Waals surface area (Å²) < 4.78 is 6.85. The molecule has 4 heteroatoms. The van der Waals surface area contributed by atoms with Crippen molar-refractivity contribution in [2.75, 3.05) is 18.8 Å². The Labute approximate surface area is 111 Å². The Morgan fingerprint density at radius 3 is 2.65 bits per heavy atom. The lowest BCUT2D eigenvalue weighted by Gasteiger charge is -2.35. The summed E-state index contributed by atoms with van der Waals surface area (Å²) in [7, 11) is 0. The van der Waals surface area contributed by atoms with Crippen LogP contribution in [-0.4, -0.2) is 30.2 Å². The topological polar surface area (TPSA) is 38.5 Å². The summed E-state index contributed by atoms with van der Waals surface area (Å²) in [5, 5.41) is 0. The Bertz CT molecular complexity index is 387. The van der Waals surface area contributed by atoms with E-state index in [9.17, 15) is 0 Å². The van der Waals surface area contributed by atoms with Gasteiger partial charge in [0.25, 0.3) is 0 Å². The molecule has 1 aliphatic heterocycles. The van der Waals surface area contributed by atoms with Gasteiger partial charge in [0.2, 0.25) is 0 Å². The van der Waals surface area contributed by atoms with Crippen LogP contribution in [0.1, 0.15) is 19.4 Å². The van der Waals surface area contributed by atoms with Gasteiger partial charge in [-0.2, -0.15) is 0 Å². The molecule has 0 bridgehead atoms. The second-order valence-corrected chi connectivity index (χ2v) is 5.66. The summed E-state index contributed by atoms with van der Waals surface area (Å²) in [6.07, 6.45) is 0.608. The van der Waals surface area contributed by atoms with Crippen molar-refractivity contribution in [3.8, 4) is 0 Å². The van der Waals surface area contributed by atoms with Crippen LogP contribution in [0.15, 0.2) is 22.7 Å². The normalized spacial score (nSPS) is 26.1. The van der Waals surface area contributed by atoms with E-state index in [0.717, 1.165) is 29.8 Å². The molecule has 1 aromatic carbocycles. The SMILES string of the molecule is CC1CN(Cc2cc(N)ccc2Br)CC(C)O1. The van der Waals surface area contributed by atoms with E-state index in [2.05, 4.69) is 34.7 Å². The van der Waals surface area contributed by atoms with E-state index in [1.165, 1.54) is 5.56 Å². The number of nitrogens with two attached hydrogens (primary N) is 1. The molecule has 0 aromatic heterocycles. The summed E-state index contributed by atoms with van der Waals surface area (Å²) in [6, 6.07) is 5.96. The van der Waals surface area contributed by atoms with E-state index in [-0.39, 0.29) is 0 Å². The molecule has 3 nitrogen and oxygen atoms in total. The fraction of sp³-hybridized carbons (Fsp3) is 0.538. The fourth-order valence-electron chi connectivity index (χ4n) is 2.37. The summed E-state index contributed by atoms with van der Waals surface area (Å²) in [4.78, 5) is 2.42. The van der Waals surface area contributed by atoms with Gasteiger partial charge >= 0.3 is 0 Å². The molecule has 1 fully saturated rings. The minimum atomic E-state index is 0.304. The van der Waals surface area contributed by atoms with Crippen LogP contribution in [0.25, 0.3) is 0 Å². The van der Waals surface area contributed by atoms with Crippen LogP contribution in [0.4, 0.5) is 5.69 Å². The minimum absolute atomic E-state index is 0.304. The average Bonchev–Trinajstić information content (AvgIpc) is 2.22. The number of hydrogen-bond acceptors (Lipinski definition) is 3. The molecule has 0 spiro atoms. The van der Waals surface area contributed by atoms with E-state index in [4.69, 9.17) is 10.5 Å². The lowest BCUT2D eigenvalue weighted by atomic mass is 10.1. The van der Waals surface area contributed by atoms with Crippen molar-refractivity contribution in [1.29, 1.82) is 0 Å². The number of ether oxygens (including phenoxy) is 1. The molecular weight excluding hydrogens is 280 g/mol. The van der Waals surface area contributed by atoms with E-state index >= 15 is 0 Å². The van der Waals surface area contributed by atoms with Crippen molar-refractivity contribution < 1.29 is 4.74 Å². The Kier molecular flexibility index (Phi) is 4.07. The Morgan fingerprint density at radius 1 is 1.35 bits per heavy atom. The van der Waals surface area contributed by atoms with E-state index in [0.29, 0.717) is 12.2 Å². The third kappa shape index (κ3) is 3.44. The average molecular weight is 299 g/mol. The molecule has 2 N–H and O–H groups in total. The van der Waals surface area contributed by atoms with Crippen molar-refractivity contribution in [1.82, 2.24) is 4.90 Å². The van der Waals surface area contributed by atoms with Gasteiger partial charge in [-0.15, -0.1) is 0 Å². The van der Waals surface area contributed by atoms with Crippen molar-refractivity contribution in [3.05, 3.63) is 28.2 Å². The van der Waals surface area contributed by atoms with E-state index in [1.54, 1.807) is 0 Å². The first-order valence-electron chi connectivity index (χ1n) is 5.96. The zero-order valence-corrected chi connectivity index (χ0v) is 11.9. The number of halogens is 1. The van der Waals surface area contributed by atoms with Crippen LogP contribution < -0.4 is 5.73 Å². The highest BCUT2D eigenvalue weighted by Gasteiger charge is 2.22. The maximum atomic E-state index is 5.82. The smallest absolute Gasteiger partial charge is 0.0678 e. The highest BCUT2D eigenvalue weighted by molar-refractivity contribution is 9.10. The van der Waals surface area contributed by atoms with E-state index in [1.807, 2.05) is 18.2 Å². The molecule has 17 heavy (non-hydrogen) atoms. The Balaban J connectivity index is 2.07. The lowest BCUT2D eigenvalue weighted by molar-refractivity contribution is -0.0705.